The number of rotatable bonds is 13. The second-order valence-electron chi connectivity index (χ2n) is 9.57. The van der Waals surface area contributed by atoms with Gasteiger partial charge in [-0.1, -0.05) is 23.7 Å². The van der Waals surface area contributed by atoms with Crippen LogP contribution in [0.5, 0.6) is 6.01 Å². The maximum Gasteiger partial charge on any atom is 0.422 e. The van der Waals surface area contributed by atoms with Gasteiger partial charge in [-0.15, -0.1) is 0 Å². The molecular weight excluding hydrogens is 579 g/mol. The van der Waals surface area contributed by atoms with Crippen LogP contribution in [0.1, 0.15) is 41.6 Å². The first-order valence-electron chi connectivity index (χ1n) is 13.0. The summed E-state index contributed by atoms with van der Waals surface area (Å²) in [6.07, 6.45) is -2.27. The van der Waals surface area contributed by atoms with E-state index in [0.717, 1.165) is 18.4 Å². The minimum atomic E-state index is -4.59. The number of hydrogen-bond acceptors (Lipinski definition) is 10. The van der Waals surface area contributed by atoms with Crippen molar-refractivity contribution < 1.29 is 32.2 Å². The molecule has 1 atom stereocenters. The minimum absolute atomic E-state index is 0.0134. The fraction of sp³-hybridized carbons (Fsp3) is 0.370. The first kappa shape index (κ1) is 30.8. The van der Waals surface area contributed by atoms with Gasteiger partial charge < -0.3 is 31.2 Å². The van der Waals surface area contributed by atoms with Gasteiger partial charge in [-0.3, -0.25) is 4.79 Å². The average molecular weight is 608 g/mol. The predicted molar refractivity (Wildman–Crippen MR) is 149 cm³/mol. The number of esters is 1. The Hall–Kier alpha value is -4.17. The Kier molecular flexibility index (Phi) is 9.68. The maximum atomic E-state index is 12.8. The number of methoxy groups -OCH3 is 1. The van der Waals surface area contributed by atoms with Crippen molar-refractivity contribution >= 4 is 41.1 Å². The molecule has 0 bridgehead atoms. The van der Waals surface area contributed by atoms with Crippen LogP contribution in [0.2, 0.25) is 5.02 Å². The molecule has 1 aliphatic carbocycles. The van der Waals surface area contributed by atoms with Gasteiger partial charge in [0.15, 0.2) is 6.61 Å². The molecular formula is C27H29ClF3N7O4. The number of carbonyl (C=O) groups excluding carboxylic acids is 2. The molecule has 1 heterocycles. The van der Waals surface area contributed by atoms with Crippen molar-refractivity contribution in [2.24, 2.45) is 5.73 Å². The van der Waals surface area contributed by atoms with E-state index in [2.05, 4.69) is 30.9 Å². The molecule has 4 rings (SSSR count). The van der Waals surface area contributed by atoms with Crippen LogP contribution in [-0.4, -0.2) is 59.3 Å². The van der Waals surface area contributed by atoms with E-state index in [1.165, 1.54) is 19.2 Å². The molecule has 0 aliphatic heterocycles. The fourth-order valence-electron chi connectivity index (χ4n) is 4.06. The molecule has 11 nitrogen and oxygen atoms in total. The van der Waals surface area contributed by atoms with Crippen molar-refractivity contribution in [3.05, 3.63) is 64.7 Å². The first-order chi connectivity index (χ1) is 20.0. The van der Waals surface area contributed by atoms with Crippen molar-refractivity contribution in [3.63, 3.8) is 0 Å². The van der Waals surface area contributed by atoms with Crippen molar-refractivity contribution in [1.29, 1.82) is 0 Å². The standard InChI is InChI=1S/C27H29ClF3N7O4/c1-41-22(40)20(3-2-14-32)34-21(39)16-4-10-19(11-5-16)33-23-35-24(37-25(36-23)42-15-27(29,30)31)38-26(12-13-26)17-6-8-18(28)9-7-17/h4-11,20H,2-3,12-15,32H2,1H3,(H,34,39)(H2,33,35,36,37,38)/t20-/m0/s1. The van der Waals surface area contributed by atoms with Crippen molar-refractivity contribution in [2.75, 3.05) is 30.9 Å². The lowest BCUT2D eigenvalue weighted by molar-refractivity contribution is -0.154. The van der Waals surface area contributed by atoms with Crippen LogP contribution in [-0.2, 0) is 15.1 Å². The number of nitrogens with two attached hydrogens (primary N) is 1. The molecule has 15 heteroatoms. The number of nitrogens with zero attached hydrogens (tertiary/aromatic N) is 3. The summed E-state index contributed by atoms with van der Waals surface area (Å²) >= 11 is 6.00. The summed E-state index contributed by atoms with van der Waals surface area (Å²) in [7, 11) is 1.23. The SMILES string of the molecule is COC(=O)[C@H](CCCN)NC(=O)c1ccc(Nc2nc(NC3(c4ccc(Cl)cc4)CC3)nc(OCC(F)(F)F)n2)cc1. The third-order valence-corrected chi connectivity index (χ3v) is 6.62. The smallest absolute Gasteiger partial charge is 0.422 e. The first-order valence-corrected chi connectivity index (χ1v) is 13.3. The summed E-state index contributed by atoms with van der Waals surface area (Å²) in [6, 6.07) is 11.9. The molecule has 1 aromatic heterocycles. The molecule has 0 saturated heterocycles. The molecule has 0 unspecified atom stereocenters. The molecule has 1 saturated carbocycles. The highest BCUT2D eigenvalue weighted by Crippen LogP contribution is 2.48. The summed E-state index contributed by atoms with van der Waals surface area (Å²) in [5.41, 5.74) is 6.61. The zero-order valence-corrected chi connectivity index (χ0v) is 23.3. The number of nitrogens with one attached hydrogen (secondary N) is 3. The molecule has 1 fully saturated rings. The van der Waals surface area contributed by atoms with Gasteiger partial charge in [0.05, 0.1) is 12.6 Å². The third kappa shape index (κ3) is 8.42. The zero-order chi connectivity index (χ0) is 30.3. The van der Waals surface area contributed by atoms with Crippen molar-refractivity contribution in [2.45, 2.75) is 43.4 Å². The number of ether oxygens (including phenoxy) is 2. The summed E-state index contributed by atoms with van der Waals surface area (Å²) in [6.45, 7) is -1.23. The van der Waals surface area contributed by atoms with Gasteiger partial charge in [-0.25, -0.2) is 4.79 Å². The average Bonchev–Trinajstić information content (AvgIpc) is 3.74. The summed E-state index contributed by atoms with van der Waals surface area (Å²) < 4.78 is 48.0. The Morgan fingerprint density at radius 3 is 2.31 bits per heavy atom. The fourth-order valence-corrected chi connectivity index (χ4v) is 4.19. The topological polar surface area (TPSA) is 153 Å². The number of alkyl halides is 3. The van der Waals surface area contributed by atoms with Gasteiger partial charge in [0, 0.05) is 16.3 Å². The van der Waals surface area contributed by atoms with E-state index in [9.17, 15) is 22.8 Å². The van der Waals surface area contributed by atoms with Gasteiger partial charge in [-0.05, 0) is 74.2 Å². The second-order valence-corrected chi connectivity index (χ2v) is 10.0. The molecule has 42 heavy (non-hydrogen) atoms. The highest BCUT2D eigenvalue weighted by atomic mass is 35.5. The van der Waals surface area contributed by atoms with Crippen LogP contribution in [0.25, 0.3) is 0 Å². The maximum absolute atomic E-state index is 12.8. The Balaban J connectivity index is 1.51. The van der Waals surface area contributed by atoms with Gasteiger partial charge in [0.2, 0.25) is 11.9 Å². The lowest BCUT2D eigenvalue weighted by atomic mass is 10.1. The number of halogens is 4. The van der Waals surface area contributed by atoms with Crippen LogP contribution in [0.15, 0.2) is 48.5 Å². The van der Waals surface area contributed by atoms with Crippen LogP contribution in [0.4, 0.5) is 30.8 Å². The molecule has 224 valence electrons. The van der Waals surface area contributed by atoms with Crippen molar-refractivity contribution in [3.8, 4) is 6.01 Å². The molecule has 5 N–H and O–H groups in total. The van der Waals surface area contributed by atoms with Crippen LogP contribution in [0, 0.1) is 0 Å². The van der Waals surface area contributed by atoms with E-state index in [1.807, 2.05) is 12.1 Å². The van der Waals surface area contributed by atoms with E-state index >= 15 is 0 Å². The third-order valence-electron chi connectivity index (χ3n) is 6.37. The predicted octanol–water partition coefficient (Wildman–Crippen LogP) is 4.32. The van der Waals surface area contributed by atoms with E-state index in [-0.39, 0.29) is 17.5 Å². The van der Waals surface area contributed by atoms with Gasteiger partial charge in [0.25, 0.3) is 5.91 Å². The lowest BCUT2D eigenvalue weighted by Crippen LogP contribution is -2.41. The molecule has 0 radical (unpaired) electrons. The highest BCUT2D eigenvalue weighted by molar-refractivity contribution is 6.30. The number of amides is 1. The van der Waals surface area contributed by atoms with Crippen molar-refractivity contribution in [1.82, 2.24) is 20.3 Å². The molecule has 2 aromatic carbocycles. The van der Waals surface area contributed by atoms with Gasteiger partial charge in [-0.2, -0.15) is 28.1 Å². The Morgan fingerprint density at radius 2 is 1.71 bits per heavy atom. The quantitative estimate of drug-likeness (QED) is 0.207. The van der Waals surface area contributed by atoms with E-state index in [1.54, 1.807) is 24.3 Å². The summed E-state index contributed by atoms with van der Waals surface area (Å²) in [5.74, 6) is -1.15. The zero-order valence-electron chi connectivity index (χ0n) is 22.5. The molecule has 1 amide bonds. The number of hydrogen-bond donors (Lipinski definition) is 4. The number of aromatic nitrogens is 3. The summed E-state index contributed by atoms with van der Waals surface area (Å²) in [5, 5.41) is 9.29. The minimum Gasteiger partial charge on any atom is -0.467 e. The number of carbonyl (C=O) groups is 2. The Bertz CT molecular complexity index is 1390. The van der Waals surface area contributed by atoms with E-state index in [4.69, 9.17) is 26.8 Å². The van der Waals surface area contributed by atoms with Crippen LogP contribution < -0.4 is 26.4 Å². The second kappa shape index (κ2) is 13.2. The summed E-state index contributed by atoms with van der Waals surface area (Å²) in [4.78, 5) is 37.0. The van der Waals surface area contributed by atoms with Gasteiger partial charge >= 0.3 is 18.2 Å². The molecule has 0 spiro atoms. The van der Waals surface area contributed by atoms with E-state index in [0.29, 0.717) is 30.1 Å². The van der Waals surface area contributed by atoms with Crippen LogP contribution in [0.3, 0.4) is 0 Å². The molecule has 3 aromatic rings. The Labute approximate surface area is 244 Å². The highest BCUT2D eigenvalue weighted by Gasteiger charge is 2.45. The monoisotopic (exact) mass is 607 g/mol. The van der Waals surface area contributed by atoms with Crippen LogP contribution >= 0.6 is 11.6 Å². The number of benzene rings is 2. The normalized spacial score (nSPS) is 14.4. The Morgan fingerprint density at radius 1 is 1.05 bits per heavy atom. The van der Waals surface area contributed by atoms with E-state index < -0.39 is 42.3 Å². The lowest BCUT2D eigenvalue weighted by Gasteiger charge is -2.19. The van der Waals surface area contributed by atoms with Gasteiger partial charge in [0.1, 0.15) is 6.04 Å². The largest absolute Gasteiger partial charge is 0.467 e. The molecule has 1 aliphatic rings. The number of anilines is 3.